The van der Waals surface area contributed by atoms with E-state index in [1.807, 2.05) is 36.4 Å². The molecule has 2 heteroatoms. The molecule has 3 aromatic carbocycles. The second kappa shape index (κ2) is 8.51. The summed E-state index contributed by atoms with van der Waals surface area (Å²) in [6.07, 6.45) is 4.30. The molecule has 0 nitrogen and oxygen atoms in total. The molecule has 0 atom stereocenters. The van der Waals surface area contributed by atoms with Crippen LogP contribution in [0.25, 0.3) is 22.3 Å². The van der Waals surface area contributed by atoms with E-state index in [1.165, 1.54) is 11.1 Å². The molecule has 0 aliphatic heterocycles. The first-order valence-electron chi connectivity index (χ1n) is 9.30. The summed E-state index contributed by atoms with van der Waals surface area (Å²) < 4.78 is 15.0. The lowest BCUT2D eigenvalue weighted by Gasteiger charge is -2.11. The molecule has 0 aliphatic rings. The van der Waals surface area contributed by atoms with E-state index in [2.05, 4.69) is 38.1 Å². The maximum atomic E-state index is 15.0. The summed E-state index contributed by atoms with van der Waals surface area (Å²) in [5.41, 5.74) is 5.64. The van der Waals surface area contributed by atoms with Crippen LogP contribution in [0, 0.1) is 5.82 Å². The Kier molecular flexibility index (Phi) is 6.11. The van der Waals surface area contributed by atoms with Crippen LogP contribution in [0.15, 0.2) is 60.7 Å². The van der Waals surface area contributed by atoms with E-state index in [4.69, 9.17) is 11.6 Å². The highest BCUT2D eigenvalue weighted by Crippen LogP contribution is 2.36. The van der Waals surface area contributed by atoms with Gasteiger partial charge in [0.05, 0.1) is 5.02 Å². The number of benzene rings is 3. The third kappa shape index (κ3) is 3.99. The Morgan fingerprint density at radius 2 is 1.08 bits per heavy atom. The molecule has 134 valence electrons. The van der Waals surface area contributed by atoms with Crippen molar-refractivity contribution in [1.29, 1.82) is 0 Å². The first kappa shape index (κ1) is 18.7. The van der Waals surface area contributed by atoms with Gasteiger partial charge in [-0.2, -0.15) is 0 Å². The van der Waals surface area contributed by atoms with Gasteiger partial charge in [0.25, 0.3) is 0 Å². The summed E-state index contributed by atoms with van der Waals surface area (Å²) in [6.45, 7) is 4.31. The number of hydrogen-bond acceptors (Lipinski definition) is 0. The van der Waals surface area contributed by atoms with Crippen molar-refractivity contribution in [3.05, 3.63) is 82.6 Å². The molecule has 0 amide bonds. The second-order valence-corrected chi connectivity index (χ2v) is 7.06. The van der Waals surface area contributed by atoms with E-state index in [0.717, 1.165) is 42.4 Å². The highest BCUT2D eigenvalue weighted by atomic mass is 35.5. The minimum Gasteiger partial charge on any atom is -0.205 e. The first-order valence-corrected chi connectivity index (χ1v) is 9.68. The summed E-state index contributed by atoms with van der Waals surface area (Å²) >= 11 is 6.39. The Balaban J connectivity index is 1.93. The molecule has 0 unspecified atom stereocenters. The van der Waals surface area contributed by atoms with Crippen LogP contribution < -0.4 is 0 Å². The zero-order chi connectivity index (χ0) is 18.5. The number of hydrogen-bond donors (Lipinski definition) is 0. The lowest BCUT2D eigenvalue weighted by Crippen LogP contribution is -1.91. The molecule has 0 spiro atoms. The summed E-state index contributed by atoms with van der Waals surface area (Å²) in [6, 6.07) is 20.0. The van der Waals surface area contributed by atoms with Gasteiger partial charge in [0.15, 0.2) is 0 Å². The van der Waals surface area contributed by atoms with Gasteiger partial charge in [-0.05, 0) is 35.1 Å². The van der Waals surface area contributed by atoms with Gasteiger partial charge < -0.3 is 0 Å². The largest absolute Gasteiger partial charge is 0.205 e. The third-order valence-corrected chi connectivity index (χ3v) is 5.06. The minimum atomic E-state index is -0.356. The van der Waals surface area contributed by atoms with E-state index in [1.54, 1.807) is 0 Å². The summed E-state index contributed by atoms with van der Waals surface area (Å²) in [5, 5.41) is 0.184. The molecule has 0 N–H and O–H groups in total. The van der Waals surface area contributed by atoms with Gasteiger partial charge in [0, 0.05) is 11.1 Å². The van der Waals surface area contributed by atoms with Crippen LogP contribution in [0.4, 0.5) is 4.39 Å². The molecule has 0 saturated carbocycles. The SMILES string of the molecule is CCCc1ccc(-c2ccc(-c3ccc(CCC)cc3)c(Cl)c2F)cc1. The van der Waals surface area contributed by atoms with Gasteiger partial charge in [-0.15, -0.1) is 0 Å². The number of rotatable bonds is 6. The van der Waals surface area contributed by atoms with Crippen LogP contribution in [0.5, 0.6) is 0 Å². The average molecular weight is 367 g/mol. The Labute approximate surface area is 160 Å². The molecule has 3 rings (SSSR count). The van der Waals surface area contributed by atoms with Crippen LogP contribution in [0.3, 0.4) is 0 Å². The zero-order valence-electron chi connectivity index (χ0n) is 15.4. The molecule has 0 aliphatic carbocycles. The Bertz CT molecular complexity index is 789. The van der Waals surface area contributed by atoms with E-state index in [0.29, 0.717) is 5.56 Å². The average Bonchev–Trinajstić information content (AvgIpc) is 2.66. The lowest BCUT2D eigenvalue weighted by atomic mass is 9.97. The fourth-order valence-corrected chi connectivity index (χ4v) is 3.55. The minimum absolute atomic E-state index is 0.184. The van der Waals surface area contributed by atoms with Crippen molar-refractivity contribution in [2.24, 2.45) is 0 Å². The molecule has 3 aromatic rings. The van der Waals surface area contributed by atoms with Crippen LogP contribution in [0.2, 0.25) is 5.02 Å². The first-order chi connectivity index (χ1) is 12.6. The predicted octanol–water partition coefficient (Wildman–Crippen LogP) is 7.72. The van der Waals surface area contributed by atoms with Gasteiger partial charge in [-0.1, -0.05) is 99.0 Å². The fraction of sp³-hybridized carbons (Fsp3) is 0.250. The molecule has 0 aromatic heterocycles. The maximum absolute atomic E-state index is 15.0. The highest BCUT2D eigenvalue weighted by molar-refractivity contribution is 6.33. The van der Waals surface area contributed by atoms with E-state index in [9.17, 15) is 4.39 Å². The standard InChI is InChI=1S/C24H24ClF/c1-3-5-17-7-11-19(12-8-17)21-15-16-22(24(26)23(21)25)20-13-9-18(6-4-2)10-14-20/h7-16H,3-6H2,1-2H3. The van der Waals surface area contributed by atoms with E-state index < -0.39 is 0 Å². The van der Waals surface area contributed by atoms with E-state index >= 15 is 0 Å². The monoisotopic (exact) mass is 366 g/mol. The quantitative estimate of drug-likeness (QED) is 0.419. The Morgan fingerprint density at radius 3 is 1.54 bits per heavy atom. The zero-order valence-corrected chi connectivity index (χ0v) is 16.1. The summed E-state index contributed by atoms with van der Waals surface area (Å²) in [7, 11) is 0. The topological polar surface area (TPSA) is 0 Å². The van der Waals surface area contributed by atoms with Gasteiger partial charge >= 0.3 is 0 Å². The van der Waals surface area contributed by atoms with Crippen molar-refractivity contribution in [2.75, 3.05) is 0 Å². The maximum Gasteiger partial charge on any atom is 0.150 e. The predicted molar refractivity (Wildman–Crippen MR) is 110 cm³/mol. The molecule has 26 heavy (non-hydrogen) atoms. The summed E-state index contributed by atoms with van der Waals surface area (Å²) in [4.78, 5) is 0. The van der Waals surface area contributed by atoms with Gasteiger partial charge in [0.1, 0.15) is 5.82 Å². The van der Waals surface area contributed by atoms with Crippen molar-refractivity contribution < 1.29 is 4.39 Å². The van der Waals surface area contributed by atoms with Crippen LogP contribution in [-0.2, 0) is 12.8 Å². The fourth-order valence-electron chi connectivity index (χ4n) is 3.27. The van der Waals surface area contributed by atoms with Gasteiger partial charge in [-0.3, -0.25) is 0 Å². The number of aryl methyl sites for hydroxylation is 2. The van der Waals surface area contributed by atoms with Crippen molar-refractivity contribution in [1.82, 2.24) is 0 Å². The van der Waals surface area contributed by atoms with E-state index in [-0.39, 0.29) is 10.8 Å². The van der Waals surface area contributed by atoms with Crippen molar-refractivity contribution in [3.8, 4) is 22.3 Å². The highest BCUT2D eigenvalue weighted by Gasteiger charge is 2.14. The van der Waals surface area contributed by atoms with Gasteiger partial charge in [-0.25, -0.2) is 4.39 Å². The van der Waals surface area contributed by atoms with Crippen LogP contribution in [-0.4, -0.2) is 0 Å². The second-order valence-electron chi connectivity index (χ2n) is 6.68. The van der Waals surface area contributed by atoms with Gasteiger partial charge in [0.2, 0.25) is 0 Å². The molecular weight excluding hydrogens is 343 g/mol. The molecule has 0 heterocycles. The number of halogens is 2. The lowest BCUT2D eigenvalue weighted by molar-refractivity contribution is 0.632. The molecular formula is C24H24ClF. The normalized spacial score (nSPS) is 10.9. The molecule has 0 bridgehead atoms. The Morgan fingerprint density at radius 1 is 0.654 bits per heavy atom. The molecule has 0 radical (unpaired) electrons. The third-order valence-electron chi connectivity index (χ3n) is 4.69. The summed E-state index contributed by atoms with van der Waals surface area (Å²) in [5.74, 6) is -0.356. The van der Waals surface area contributed by atoms with Crippen molar-refractivity contribution in [3.63, 3.8) is 0 Å². The van der Waals surface area contributed by atoms with Crippen LogP contribution in [0.1, 0.15) is 37.8 Å². The Hall–Kier alpha value is -2.12. The van der Waals surface area contributed by atoms with Crippen molar-refractivity contribution >= 4 is 11.6 Å². The molecule has 0 fully saturated rings. The molecule has 0 saturated heterocycles. The smallest absolute Gasteiger partial charge is 0.150 e. The van der Waals surface area contributed by atoms with Crippen molar-refractivity contribution in [2.45, 2.75) is 39.5 Å². The van der Waals surface area contributed by atoms with Crippen LogP contribution >= 0.6 is 11.6 Å².